The molecule has 1 aliphatic heterocycles. The zero-order valence-corrected chi connectivity index (χ0v) is 18.8. The van der Waals surface area contributed by atoms with Crippen LogP contribution in [0.1, 0.15) is 41.0 Å². The average molecular weight is 441 g/mol. The average Bonchev–Trinajstić information content (AvgIpc) is 3.24. The molecule has 2 aromatic carbocycles. The van der Waals surface area contributed by atoms with Crippen LogP contribution in [0.4, 0.5) is 0 Å². The summed E-state index contributed by atoms with van der Waals surface area (Å²) in [5, 5.41) is 13.7. The smallest absolute Gasteiger partial charge is 0.273 e. The molecular weight excluding hydrogens is 412 g/mol. The number of carbonyl (C=O) groups excluding carboxylic acids is 1. The molecule has 33 heavy (non-hydrogen) atoms. The maximum atomic E-state index is 13.0. The van der Waals surface area contributed by atoms with Gasteiger partial charge in [-0.1, -0.05) is 54.1 Å². The van der Waals surface area contributed by atoms with Gasteiger partial charge in [0.1, 0.15) is 0 Å². The molecule has 1 saturated heterocycles. The van der Waals surface area contributed by atoms with Crippen molar-refractivity contribution in [2.75, 3.05) is 13.1 Å². The van der Waals surface area contributed by atoms with Gasteiger partial charge >= 0.3 is 0 Å². The molecule has 1 fully saturated rings. The van der Waals surface area contributed by atoms with Gasteiger partial charge in [0.25, 0.3) is 5.91 Å². The van der Waals surface area contributed by atoms with Crippen molar-refractivity contribution < 1.29 is 4.79 Å². The van der Waals surface area contributed by atoms with Gasteiger partial charge in [0, 0.05) is 42.3 Å². The second kappa shape index (κ2) is 9.50. The third kappa shape index (κ3) is 4.50. The molecule has 7 nitrogen and oxygen atoms in total. The van der Waals surface area contributed by atoms with E-state index in [2.05, 4.69) is 49.8 Å². The van der Waals surface area contributed by atoms with E-state index >= 15 is 0 Å². The molecule has 0 bridgehead atoms. The van der Waals surface area contributed by atoms with E-state index in [9.17, 15) is 4.79 Å². The van der Waals surface area contributed by atoms with Crippen molar-refractivity contribution in [2.45, 2.75) is 38.8 Å². The number of benzene rings is 2. The number of nitrogens with one attached hydrogen (secondary N) is 1. The molecule has 1 atom stereocenters. The Bertz CT molecular complexity index is 1250. The van der Waals surface area contributed by atoms with Crippen molar-refractivity contribution in [1.29, 1.82) is 0 Å². The topological polar surface area (TPSA) is 75.9 Å². The van der Waals surface area contributed by atoms with Crippen LogP contribution < -0.4 is 5.32 Å². The van der Waals surface area contributed by atoms with Gasteiger partial charge < -0.3 is 5.32 Å². The van der Waals surface area contributed by atoms with Crippen LogP contribution in [-0.2, 0) is 6.54 Å². The number of fused-ring (bicyclic) bond motifs is 1. The molecular formula is C26H28N6O. The fraction of sp³-hybridized carbons (Fsp3) is 0.308. The van der Waals surface area contributed by atoms with Crippen molar-refractivity contribution in [3.8, 4) is 5.69 Å². The zero-order chi connectivity index (χ0) is 22.6. The largest absolute Gasteiger partial charge is 0.349 e. The molecule has 7 heteroatoms. The fourth-order valence-electron chi connectivity index (χ4n) is 4.67. The molecule has 0 radical (unpaired) electrons. The number of likely N-dealkylation sites (tertiary alicyclic amines) is 1. The Labute approximate surface area is 193 Å². The van der Waals surface area contributed by atoms with E-state index < -0.39 is 0 Å². The minimum absolute atomic E-state index is 0.175. The number of aromatic nitrogens is 4. The molecule has 3 heterocycles. The molecule has 1 amide bonds. The summed E-state index contributed by atoms with van der Waals surface area (Å²) in [6, 6.07) is 18.8. The van der Waals surface area contributed by atoms with Crippen LogP contribution in [0.3, 0.4) is 0 Å². The van der Waals surface area contributed by atoms with E-state index in [-0.39, 0.29) is 5.91 Å². The maximum absolute atomic E-state index is 13.0. The van der Waals surface area contributed by atoms with E-state index in [0.29, 0.717) is 18.3 Å². The van der Waals surface area contributed by atoms with Gasteiger partial charge in [0.05, 0.1) is 11.4 Å². The third-order valence-corrected chi connectivity index (χ3v) is 6.47. The summed E-state index contributed by atoms with van der Waals surface area (Å²) in [5.41, 5.74) is 3.29. The SMILES string of the molecule is Cc1c(C(=O)NCC2CCCCN2Cc2ccccc2)nnn1-c1cccc2cnccc12. The lowest BCUT2D eigenvalue weighted by Crippen LogP contribution is -2.46. The predicted molar refractivity (Wildman–Crippen MR) is 128 cm³/mol. The van der Waals surface area contributed by atoms with Crippen molar-refractivity contribution in [3.05, 3.63) is 83.9 Å². The molecule has 4 aromatic rings. The lowest BCUT2D eigenvalue weighted by atomic mass is 10.0. The van der Waals surface area contributed by atoms with E-state index in [1.54, 1.807) is 10.9 Å². The molecule has 1 unspecified atom stereocenters. The Morgan fingerprint density at radius 2 is 1.97 bits per heavy atom. The second-order valence-corrected chi connectivity index (χ2v) is 8.62. The summed E-state index contributed by atoms with van der Waals surface area (Å²) >= 11 is 0. The van der Waals surface area contributed by atoms with E-state index in [1.165, 1.54) is 18.4 Å². The maximum Gasteiger partial charge on any atom is 0.273 e. The summed E-state index contributed by atoms with van der Waals surface area (Å²) in [7, 11) is 0. The number of amides is 1. The number of pyridine rings is 1. The first kappa shape index (κ1) is 21.3. The molecule has 5 rings (SSSR count). The van der Waals surface area contributed by atoms with Crippen LogP contribution in [0.15, 0.2) is 67.0 Å². The Balaban J connectivity index is 1.30. The normalized spacial score (nSPS) is 16.7. The summed E-state index contributed by atoms with van der Waals surface area (Å²) in [5.74, 6) is -0.175. The van der Waals surface area contributed by atoms with Crippen LogP contribution in [0.25, 0.3) is 16.5 Å². The molecule has 0 spiro atoms. The number of rotatable bonds is 6. The summed E-state index contributed by atoms with van der Waals surface area (Å²) < 4.78 is 1.74. The van der Waals surface area contributed by atoms with Gasteiger partial charge in [-0.3, -0.25) is 14.7 Å². The van der Waals surface area contributed by atoms with Gasteiger partial charge in [-0.15, -0.1) is 5.10 Å². The first-order valence-electron chi connectivity index (χ1n) is 11.5. The van der Waals surface area contributed by atoms with E-state index in [0.717, 1.165) is 41.7 Å². The molecule has 0 saturated carbocycles. The van der Waals surface area contributed by atoms with Crippen molar-refractivity contribution in [3.63, 3.8) is 0 Å². The van der Waals surface area contributed by atoms with Crippen LogP contribution >= 0.6 is 0 Å². The van der Waals surface area contributed by atoms with Gasteiger partial charge in [-0.2, -0.15) is 0 Å². The Kier molecular flexibility index (Phi) is 6.13. The van der Waals surface area contributed by atoms with Crippen molar-refractivity contribution in [2.24, 2.45) is 0 Å². The third-order valence-electron chi connectivity index (χ3n) is 6.47. The summed E-state index contributed by atoms with van der Waals surface area (Å²) in [6.07, 6.45) is 7.06. The fourth-order valence-corrected chi connectivity index (χ4v) is 4.67. The van der Waals surface area contributed by atoms with Gasteiger partial charge in [0.15, 0.2) is 5.69 Å². The Hall–Kier alpha value is -3.58. The lowest BCUT2D eigenvalue weighted by Gasteiger charge is -2.35. The molecule has 0 aliphatic carbocycles. The molecule has 2 aromatic heterocycles. The zero-order valence-electron chi connectivity index (χ0n) is 18.8. The van der Waals surface area contributed by atoms with Crippen LogP contribution in [0.2, 0.25) is 0 Å². The predicted octanol–water partition coefficient (Wildman–Crippen LogP) is 3.91. The highest BCUT2D eigenvalue weighted by Crippen LogP contribution is 2.23. The minimum atomic E-state index is -0.175. The van der Waals surface area contributed by atoms with Gasteiger partial charge in [-0.25, -0.2) is 4.68 Å². The van der Waals surface area contributed by atoms with Crippen LogP contribution in [0, 0.1) is 6.92 Å². The highest BCUT2D eigenvalue weighted by atomic mass is 16.2. The molecule has 1 aliphatic rings. The first-order chi connectivity index (χ1) is 16.2. The van der Waals surface area contributed by atoms with Crippen LogP contribution in [-0.4, -0.2) is 49.9 Å². The molecule has 168 valence electrons. The number of carbonyl (C=O) groups is 1. The second-order valence-electron chi connectivity index (χ2n) is 8.62. The van der Waals surface area contributed by atoms with E-state index in [1.807, 2.05) is 43.5 Å². The van der Waals surface area contributed by atoms with Crippen LogP contribution in [0.5, 0.6) is 0 Å². The standard InChI is InChI=1S/C26H28N6O/c1-19-25(29-30-32(19)24-12-7-10-21-16-27-14-13-23(21)24)26(33)28-17-22-11-5-6-15-31(22)18-20-8-3-2-4-9-20/h2-4,7-10,12-14,16,22H,5-6,11,15,17-18H2,1H3,(H,28,33). The Morgan fingerprint density at radius 1 is 1.09 bits per heavy atom. The summed E-state index contributed by atoms with van der Waals surface area (Å²) in [4.78, 5) is 19.7. The summed E-state index contributed by atoms with van der Waals surface area (Å²) in [6.45, 7) is 4.46. The monoisotopic (exact) mass is 440 g/mol. The lowest BCUT2D eigenvalue weighted by molar-refractivity contribution is 0.0902. The minimum Gasteiger partial charge on any atom is -0.349 e. The van der Waals surface area contributed by atoms with Crippen molar-refractivity contribution >= 4 is 16.7 Å². The van der Waals surface area contributed by atoms with Crippen molar-refractivity contribution in [1.82, 2.24) is 30.2 Å². The number of hydrogen-bond donors (Lipinski definition) is 1. The number of piperidine rings is 1. The Morgan fingerprint density at radius 3 is 2.85 bits per heavy atom. The highest BCUT2D eigenvalue weighted by Gasteiger charge is 2.24. The first-order valence-corrected chi connectivity index (χ1v) is 11.5. The quantitative estimate of drug-likeness (QED) is 0.492. The van der Waals surface area contributed by atoms with Gasteiger partial charge in [0.2, 0.25) is 0 Å². The van der Waals surface area contributed by atoms with Gasteiger partial charge in [-0.05, 0) is 44.0 Å². The highest BCUT2D eigenvalue weighted by molar-refractivity contribution is 5.94. The number of hydrogen-bond acceptors (Lipinski definition) is 5. The van der Waals surface area contributed by atoms with E-state index in [4.69, 9.17) is 0 Å². The molecule has 1 N–H and O–H groups in total. The number of nitrogens with zero attached hydrogens (tertiary/aromatic N) is 5.